The van der Waals surface area contributed by atoms with Crippen molar-refractivity contribution in [1.29, 1.82) is 0 Å². The molecule has 0 bridgehead atoms. The molecule has 2 aromatic carbocycles. The Morgan fingerprint density at radius 1 is 0.973 bits per heavy atom. The SMILES string of the molecule is CN(C(=O)c1cc(C(F)(F)F)cc(C(F)(F)F)c1)C(CCCC(=O)OCCCO)Cc1ccc(Cl)cc1. The van der Waals surface area contributed by atoms with Gasteiger partial charge in [-0.2, -0.15) is 26.3 Å². The fourth-order valence-electron chi connectivity index (χ4n) is 3.58. The smallest absolute Gasteiger partial charge is 0.416 e. The zero-order valence-corrected chi connectivity index (χ0v) is 20.6. The first-order valence-corrected chi connectivity index (χ1v) is 11.7. The third-order valence-corrected chi connectivity index (χ3v) is 5.82. The number of benzene rings is 2. The van der Waals surface area contributed by atoms with Gasteiger partial charge in [0.15, 0.2) is 0 Å². The van der Waals surface area contributed by atoms with E-state index in [0.717, 1.165) is 10.5 Å². The summed E-state index contributed by atoms with van der Waals surface area (Å²) in [6.07, 6.45) is -9.26. The largest absolute Gasteiger partial charge is 0.466 e. The molecule has 1 unspecified atom stereocenters. The Bertz CT molecular complexity index is 1020. The van der Waals surface area contributed by atoms with Gasteiger partial charge in [0.25, 0.3) is 5.91 Å². The third kappa shape index (κ3) is 9.55. The quantitative estimate of drug-likeness (QED) is 0.206. The van der Waals surface area contributed by atoms with E-state index in [4.69, 9.17) is 21.4 Å². The number of hydrogen-bond donors (Lipinski definition) is 1. The van der Waals surface area contributed by atoms with Crippen LogP contribution in [-0.4, -0.2) is 48.2 Å². The molecule has 2 rings (SSSR count). The number of halogens is 7. The summed E-state index contributed by atoms with van der Waals surface area (Å²) in [7, 11) is 1.29. The first-order valence-electron chi connectivity index (χ1n) is 11.3. The lowest BCUT2D eigenvalue weighted by molar-refractivity contribution is -0.144. The van der Waals surface area contributed by atoms with Crippen molar-refractivity contribution >= 4 is 23.5 Å². The normalized spacial score (nSPS) is 12.8. The maximum absolute atomic E-state index is 13.3. The highest BCUT2D eigenvalue weighted by atomic mass is 35.5. The van der Waals surface area contributed by atoms with E-state index in [2.05, 4.69) is 0 Å². The second-order valence-electron chi connectivity index (χ2n) is 8.38. The summed E-state index contributed by atoms with van der Waals surface area (Å²) in [4.78, 5) is 26.1. The van der Waals surface area contributed by atoms with E-state index >= 15 is 0 Å². The molecule has 0 spiro atoms. The summed E-state index contributed by atoms with van der Waals surface area (Å²) in [5.41, 5.74) is -3.20. The van der Waals surface area contributed by atoms with Crippen molar-refractivity contribution in [3.8, 4) is 0 Å². The number of likely N-dealkylation sites (N-methyl/N-ethyl adjacent to an activating group) is 1. The number of rotatable bonds is 11. The Morgan fingerprint density at radius 2 is 1.54 bits per heavy atom. The lowest BCUT2D eigenvalue weighted by Gasteiger charge is -2.29. The van der Waals surface area contributed by atoms with Crippen LogP contribution in [0.25, 0.3) is 0 Å². The average Bonchev–Trinajstić information content (AvgIpc) is 2.82. The van der Waals surface area contributed by atoms with E-state index in [1.54, 1.807) is 24.3 Å². The predicted octanol–water partition coefficient (Wildman–Crippen LogP) is 6.16. The van der Waals surface area contributed by atoms with Crippen LogP contribution in [0.1, 0.15) is 52.7 Å². The first-order chi connectivity index (χ1) is 17.2. The van der Waals surface area contributed by atoms with Gasteiger partial charge >= 0.3 is 18.3 Å². The number of ether oxygens (including phenoxy) is 1. The van der Waals surface area contributed by atoms with Gasteiger partial charge in [-0.05, 0) is 55.2 Å². The number of aliphatic hydroxyl groups excluding tert-OH is 1. The molecule has 1 atom stereocenters. The van der Waals surface area contributed by atoms with E-state index in [1.165, 1.54) is 7.05 Å². The number of nitrogens with zero attached hydrogens (tertiary/aromatic N) is 1. The fourth-order valence-corrected chi connectivity index (χ4v) is 3.70. The van der Waals surface area contributed by atoms with Gasteiger partial charge in [-0.15, -0.1) is 0 Å². The molecular formula is C25H26ClF6NO4. The van der Waals surface area contributed by atoms with Crippen molar-refractivity contribution in [2.24, 2.45) is 0 Å². The monoisotopic (exact) mass is 553 g/mol. The highest BCUT2D eigenvalue weighted by Crippen LogP contribution is 2.36. The molecule has 0 saturated carbocycles. The number of aliphatic hydroxyl groups is 1. The van der Waals surface area contributed by atoms with Crippen molar-refractivity contribution < 1.29 is 45.8 Å². The number of amides is 1. The minimum Gasteiger partial charge on any atom is -0.466 e. The second-order valence-corrected chi connectivity index (χ2v) is 8.82. The van der Waals surface area contributed by atoms with Crippen LogP contribution in [0.4, 0.5) is 26.3 Å². The lowest BCUT2D eigenvalue weighted by atomic mass is 9.98. The molecule has 0 aliphatic carbocycles. The molecule has 0 fully saturated rings. The molecule has 12 heteroatoms. The van der Waals surface area contributed by atoms with Crippen LogP contribution in [0.3, 0.4) is 0 Å². The molecule has 204 valence electrons. The maximum Gasteiger partial charge on any atom is 0.416 e. The molecule has 1 amide bonds. The van der Waals surface area contributed by atoms with Crippen molar-refractivity contribution in [3.05, 3.63) is 69.7 Å². The molecule has 5 nitrogen and oxygen atoms in total. The summed E-state index contributed by atoms with van der Waals surface area (Å²) in [6, 6.07) is 6.67. The van der Waals surface area contributed by atoms with Crippen LogP contribution < -0.4 is 0 Å². The summed E-state index contributed by atoms with van der Waals surface area (Å²) < 4.78 is 84.6. The molecular weight excluding hydrogens is 528 g/mol. The van der Waals surface area contributed by atoms with E-state index < -0.39 is 47.0 Å². The Kier molecular flexibility index (Phi) is 10.8. The molecule has 0 saturated heterocycles. The van der Waals surface area contributed by atoms with Crippen molar-refractivity contribution in [3.63, 3.8) is 0 Å². The minimum atomic E-state index is -5.09. The summed E-state index contributed by atoms with van der Waals surface area (Å²) in [6.45, 7) is -0.103. The molecule has 0 heterocycles. The zero-order valence-electron chi connectivity index (χ0n) is 19.8. The minimum absolute atomic E-state index is 0.0215. The Hall–Kier alpha value is -2.79. The van der Waals surface area contributed by atoms with E-state index in [0.29, 0.717) is 17.2 Å². The highest BCUT2D eigenvalue weighted by Gasteiger charge is 2.38. The van der Waals surface area contributed by atoms with Crippen LogP contribution in [0.15, 0.2) is 42.5 Å². The molecule has 1 N–H and O–H groups in total. The molecule has 37 heavy (non-hydrogen) atoms. The molecule has 2 aromatic rings. The number of hydrogen-bond acceptors (Lipinski definition) is 4. The van der Waals surface area contributed by atoms with Gasteiger partial charge in [-0.1, -0.05) is 23.7 Å². The predicted molar refractivity (Wildman–Crippen MR) is 124 cm³/mol. The van der Waals surface area contributed by atoms with Gasteiger partial charge < -0.3 is 14.7 Å². The van der Waals surface area contributed by atoms with Gasteiger partial charge in [-0.25, -0.2) is 0 Å². The van der Waals surface area contributed by atoms with Crippen LogP contribution in [0.5, 0.6) is 0 Å². The Balaban J connectivity index is 2.29. The van der Waals surface area contributed by atoms with Crippen molar-refractivity contribution in [1.82, 2.24) is 4.90 Å². The van der Waals surface area contributed by atoms with E-state index in [1.807, 2.05) is 0 Å². The van der Waals surface area contributed by atoms with Crippen LogP contribution >= 0.6 is 11.6 Å². The Morgan fingerprint density at radius 3 is 2.05 bits per heavy atom. The zero-order chi connectivity index (χ0) is 27.8. The maximum atomic E-state index is 13.3. The van der Waals surface area contributed by atoms with Crippen LogP contribution in [0, 0.1) is 0 Å². The Labute approximate surface area is 215 Å². The molecule has 0 radical (unpaired) electrons. The first kappa shape index (κ1) is 30.4. The molecule has 0 aliphatic heterocycles. The highest BCUT2D eigenvalue weighted by molar-refractivity contribution is 6.30. The van der Waals surface area contributed by atoms with Gasteiger partial charge in [0.1, 0.15) is 0 Å². The van der Waals surface area contributed by atoms with Crippen LogP contribution in [0.2, 0.25) is 5.02 Å². The second kappa shape index (κ2) is 13.1. The van der Waals surface area contributed by atoms with Crippen molar-refractivity contribution in [2.75, 3.05) is 20.3 Å². The fraction of sp³-hybridized carbons (Fsp3) is 0.440. The van der Waals surface area contributed by atoms with Crippen LogP contribution in [-0.2, 0) is 28.3 Å². The summed E-state index contributed by atoms with van der Waals surface area (Å²) >= 11 is 5.90. The third-order valence-electron chi connectivity index (χ3n) is 5.57. The lowest BCUT2D eigenvalue weighted by Crippen LogP contribution is -2.39. The summed E-state index contributed by atoms with van der Waals surface area (Å²) in [5.74, 6) is -1.55. The molecule has 0 aliphatic rings. The number of alkyl halides is 6. The number of esters is 1. The van der Waals surface area contributed by atoms with Gasteiger partial charge in [-0.3, -0.25) is 9.59 Å². The summed E-state index contributed by atoms with van der Waals surface area (Å²) in [5, 5.41) is 9.21. The van der Waals surface area contributed by atoms with Gasteiger partial charge in [0.05, 0.1) is 17.7 Å². The van der Waals surface area contributed by atoms with Gasteiger partial charge in [0.2, 0.25) is 0 Å². The van der Waals surface area contributed by atoms with Gasteiger partial charge in [0, 0.05) is 43.1 Å². The number of carbonyl (C=O) groups excluding carboxylic acids is 2. The topological polar surface area (TPSA) is 66.8 Å². The van der Waals surface area contributed by atoms with E-state index in [9.17, 15) is 35.9 Å². The standard InChI is InChI=1S/C25H26ClF6NO4/c1-33(23(36)17-13-18(24(27,28)29)15-19(14-17)25(30,31)32)21(12-16-6-8-20(26)9-7-16)4-2-5-22(35)37-11-3-10-34/h6-9,13-15,21,34H,2-5,10-12H2,1H3. The van der Waals surface area contributed by atoms with E-state index in [-0.39, 0.29) is 51.4 Å². The number of carbonyl (C=O) groups is 2. The molecule has 0 aromatic heterocycles. The van der Waals surface area contributed by atoms with Crippen molar-refractivity contribution in [2.45, 2.75) is 50.5 Å². The average molecular weight is 554 g/mol.